The Labute approximate surface area is 126 Å². The summed E-state index contributed by atoms with van der Waals surface area (Å²) in [6.07, 6.45) is 0.484. The molecule has 0 bridgehead atoms. The highest BCUT2D eigenvalue weighted by Gasteiger charge is 2.10. The predicted molar refractivity (Wildman–Crippen MR) is 77.9 cm³/mol. The van der Waals surface area contributed by atoms with Crippen LogP contribution >= 0.6 is 11.6 Å². The molecular weight excluding hydrogens is 299 g/mol. The Morgan fingerprint density at radius 1 is 1.00 bits per heavy atom. The van der Waals surface area contributed by atoms with Gasteiger partial charge in [0.2, 0.25) is 0 Å². The van der Waals surface area contributed by atoms with Crippen LogP contribution in [0, 0.1) is 17.5 Å². The Balaban J connectivity index is 1.93. The van der Waals surface area contributed by atoms with Gasteiger partial charge in [0.15, 0.2) is 0 Å². The van der Waals surface area contributed by atoms with Gasteiger partial charge in [0.05, 0.1) is 0 Å². The number of hydrogen-bond donors (Lipinski definition) is 1. The molecule has 112 valence electrons. The molecule has 0 aliphatic heterocycles. The zero-order chi connectivity index (χ0) is 15.4. The fourth-order valence-electron chi connectivity index (χ4n) is 2.15. The van der Waals surface area contributed by atoms with E-state index in [9.17, 15) is 13.2 Å². The van der Waals surface area contributed by atoms with E-state index < -0.39 is 11.6 Å². The zero-order valence-electron chi connectivity index (χ0n) is 11.5. The third kappa shape index (κ3) is 4.48. The van der Waals surface area contributed by atoms with Crippen molar-refractivity contribution in [1.29, 1.82) is 0 Å². The Bertz CT molecular complexity index is 611. The van der Waals surface area contributed by atoms with Crippen molar-refractivity contribution in [3.8, 4) is 0 Å². The molecule has 2 aromatic carbocycles. The quantitative estimate of drug-likeness (QED) is 0.847. The fraction of sp³-hybridized carbons (Fsp3) is 0.250. The lowest BCUT2D eigenvalue weighted by atomic mass is 10.1. The van der Waals surface area contributed by atoms with Gasteiger partial charge in [-0.25, -0.2) is 13.2 Å². The summed E-state index contributed by atoms with van der Waals surface area (Å²) >= 11 is 5.98. The van der Waals surface area contributed by atoms with Crippen molar-refractivity contribution in [2.45, 2.75) is 19.4 Å². The van der Waals surface area contributed by atoms with Gasteiger partial charge in [-0.15, -0.1) is 0 Å². The standard InChI is InChI=1S/C16H15ClF3N/c1-10(15-3-2-12(18)9-16(15)17)21-5-4-11-6-13(19)8-14(20)7-11/h2-3,6-10,21H,4-5H2,1H3. The minimum Gasteiger partial charge on any atom is -0.310 e. The molecule has 0 amide bonds. The highest BCUT2D eigenvalue weighted by molar-refractivity contribution is 6.31. The second-order valence-corrected chi connectivity index (χ2v) is 5.28. The van der Waals surface area contributed by atoms with E-state index in [4.69, 9.17) is 11.6 Å². The van der Waals surface area contributed by atoms with E-state index in [1.165, 1.54) is 24.3 Å². The Hall–Kier alpha value is -1.52. The molecule has 1 atom stereocenters. The number of nitrogens with one attached hydrogen (secondary N) is 1. The second-order valence-electron chi connectivity index (χ2n) is 4.87. The second kappa shape index (κ2) is 6.96. The molecule has 0 fully saturated rings. The van der Waals surface area contributed by atoms with Crippen molar-refractivity contribution < 1.29 is 13.2 Å². The molecule has 0 saturated carbocycles. The van der Waals surface area contributed by atoms with Crippen LogP contribution in [0.25, 0.3) is 0 Å². The van der Waals surface area contributed by atoms with Gasteiger partial charge < -0.3 is 5.32 Å². The lowest BCUT2D eigenvalue weighted by molar-refractivity contribution is 0.562. The molecule has 1 nitrogen and oxygen atoms in total. The van der Waals surface area contributed by atoms with E-state index in [1.54, 1.807) is 6.07 Å². The number of hydrogen-bond acceptors (Lipinski definition) is 1. The molecule has 2 aromatic rings. The number of rotatable bonds is 5. The largest absolute Gasteiger partial charge is 0.310 e. The molecule has 0 heterocycles. The van der Waals surface area contributed by atoms with Crippen molar-refractivity contribution in [3.05, 3.63) is 70.0 Å². The maximum atomic E-state index is 13.1. The summed E-state index contributed by atoms with van der Waals surface area (Å²) in [7, 11) is 0. The van der Waals surface area contributed by atoms with Crippen LogP contribution in [0.5, 0.6) is 0 Å². The monoisotopic (exact) mass is 313 g/mol. The van der Waals surface area contributed by atoms with Crippen molar-refractivity contribution in [3.63, 3.8) is 0 Å². The molecule has 0 radical (unpaired) electrons. The molecular formula is C16H15ClF3N. The van der Waals surface area contributed by atoms with Crippen molar-refractivity contribution in [1.82, 2.24) is 5.32 Å². The van der Waals surface area contributed by atoms with E-state index >= 15 is 0 Å². The summed E-state index contributed by atoms with van der Waals surface area (Å²) < 4.78 is 39.1. The Kier molecular flexibility index (Phi) is 5.26. The molecule has 0 aliphatic carbocycles. The predicted octanol–water partition coefficient (Wildman–Crippen LogP) is 4.65. The van der Waals surface area contributed by atoms with Crippen LogP contribution in [0.15, 0.2) is 36.4 Å². The summed E-state index contributed by atoms with van der Waals surface area (Å²) in [5.41, 5.74) is 1.36. The highest BCUT2D eigenvalue weighted by Crippen LogP contribution is 2.23. The maximum Gasteiger partial charge on any atom is 0.126 e. The van der Waals surface area contributed by atoms with E-state index in [-0.39, 0.29) is 11.9 Å². The maximum absolute atomic E-state index is 13.1. The number of halogens is 4. The average Bonchev–Trinajstić information content (AvgIpc) is 2.37. The van der Waals surface area contributed by atoms with E-state index in [1.807, 2.05) is 6.92 Å². The van der Waals surface area contributed by atoms with Crippen LogP contribution in [0.1, 0.15) is 24.1 Å². The smallest absolute Gasteiger partial charge is 0.126 e. The lowest BCUT2D eigenvalue weighted by Gasteiger charge is -2.15. The van der Waals surface area contributed by atoms with Crippen molar-refractivity contribution in [2.24, 2.45) is 0 Å². The fourth-order valence-corrected chi connectivity index (χ4v) is 2.48. The zero-order valence-corrected chi connectivity index (χ0v) is 12.2. The van der Waals surface area contributed by atoms with Crippen LogP contribution in [-0.4, -0.2) is 6.54 Å². The van der Waals surface area contributed by atoms with Crippen LogP contribution < -0.4 is 5.32 Å². The summed E-state index contributed by atoms with van der Waals surface area (Å²) in [5, 5.41) is 3.55. The third-order valence-corrected chi connectivity index (χ3v) is 3.54. The van der Waals surface area contributed by atoms with Gasteiger partial charge in [0.25, 0.3) is 0 Å². The molecule has 0 spiro atoms. The van der Waals surface area contributed by atoms with Crippen LogP contribution in [0.2, 0.25) is 5.02 Å². The Morgan fingerprint density at radius 3 is 2.29 bits per heavy atom. The summed E-state index contributed by atoms with van der Waals surface area (Å²) in [4.78, 5) is 0. The van der Waals surface area contributed by atoms with Crippen molar-refractivity contribution >= 4 is 11.6 Å². The molecule has 21 heavy (non-hydrogen) atoms. The van der Waals surface area contributed by atoms with E-state index in [2.05, 4.69) is 5.32 Å². The lowest BCUT2D eigenvalue weighted by Crippen LogP contribution is -2.21. The van der Waals surface area contributed by atoms with Crippen LogP contribution in [-0.2, 0) is 6.42 Å². The SMILES string of the molecule is CC(NCCc1cc(F)cc(F)c1)c1ccc(F)cc1Cl. The molecule has 0 aromatic heterocycles. The minimum absolute atomic E-state index is 0.0866. The first-order chi connectivity index (χ1) is 9.95. The molecule has 0 saturated heterocycles. The average molecular weight is 314 g/mol. The molecule has 2 rings (SSSR count). The van der Waals surface area contributed by atoms with Gasteiger partial charge in [-0.1, -0.05) is 17.7 Å². The summed E-state index contributed by atoms with van der Waals surface area (Å²) in [6.45, 7) is 2.42. The molecule has 5 heteroatoms. The molecule has 0 aliphatic rings. The van der Waals surface area contributed by atoms with E-state index in [0.29, 0.717) is 23.6 Å². The van der Waals surface area contributed by atoms with Gasteiger partial charge in [-0.05, 0) is 55.3 Å². The van der Waals surface area contributed by atoms with Crippen molar-refractivity contribution in [2.75, 3.05) is 6.54 Å². The molecule has 1 unspecified atom stereocenters. The van der Waals surface area contributed by atoms with Gasteiger partial charge in [0.1, 0.15) is 17.5 Å². The van der Waals surface area contributed by atoms with Gasteiger partial charge in [0, 0.05) is 17.1 Å². The summed E-state index contributed by atoms with van der Waals surface area (Å²) in [6, 6.07) is 7.60. The van der Waals surface area contributed by atoms with Crippen LogP contribution in [0.3, 0.4) is 0 Å². The highest BCUT2D eigenvalue weighted by atomic mass is 35.5. The normalized spacial score (nSPS) is 12.4. The number of benzene rings is 2. The first-order valence-corrected chi connectivity index (χ1v) is 6.97. The van der Waals surface area contributed by atoms with Gasteiger partial charge >= 0.3 is 0 Å². The third-order valence-electron chi connectivity index (χ3n) is 3.22. The first kappa shape index (κ1) is 15.9. The Morgan fingerprint density at radius 2 is 1.67 bits per heavy atom. The van der Waals surface area contributed by atoms with E-state index in [0.717, 1.165) is 11.6 Å². The molecule has 1 N–H and O–H groups in total. The van der Waals surface area contributed by atoms with Crippen LogP contribution in [0.4, 0.5) is 13.2 Å². The van der Waals surface area contributed by atoms with Gasteiger partial charge in [-0.3, -0.25) is 0 Å². The van der Waals surface area contributed by atoms with Gasteiger partial charge in [-0.2, -0.15) is 0 Å². The minimum atomic E-state index is -0.584. The summed E-state index contributed by atoms with van der Waals surface area (Å²) in [5.74, 6) is -1.55. The first-order valence-electron chi connectivity index (χ1n) is 6.59. The topological polar surface area (TPSA) is 12.0 Å².